The number of benzene rings is 1. The molecule has 6 nitrogen and oxygen atoms in total. The van der Waals surface area contributed by atoms with Gasteiger partial charge in [0, 0.05) is 12.0 Å². The van der Waals surface area contributed by atoms with Crippen molar-refractivity contribution in [3.63, 3.8) is 0 Å². The standard InChI is InChI=1S/C21H16Cl3F6N3O3S.H2S/c1-9-4-14(37-17(9)18(35)31-7-15(34)32-8-20(25,26)27)13-2-3-19(36-33-13,21(28,29)30)10-5-11(22)16(24)12(23)6-10;/h4-6H,2-3,7-8H2,1H3,(H,31,35)(H,32,34);1H2/t19-;/m0./s1. The summed E-state index contributed by atoms with van der Waals surface area (Å²) < 4.78 is 79.0. The molecule has 0 spiro atoms. The molecule has 1 aromatic carbocycles. The Hall–Kier alpha value is -1.87. The number of hydrogen-bond donors (Lipinski definition) is 2. The van der Waals surface area contributed by atoms with E-state index in [9.17, 15) is 35.9 Å². The smallest absolute Gasteiger partial charge is 0.374 e. The highest BCUT2D eigenvalue weighted by Gasteiger charge is 2.60. The number of nitrogens with zero attached hydrogens (tertiary/aromatic N) is 1. The van der Waals surface area contributed by atoms with Gasteiger partial charge in [-0.3, -0.25) is 9.59 Å². The Morgan fingerprint density at radius 3 is 2.18 bits per heavy atom. The van der Waals surface area contributed by atoms with Gasteiger partial charge in [-0.1, -0.05) is 40.0 Å². The molecule has 2 N–H and O–H groups in total. The Morgan fingerprint density at radius 1 is 1.08 bits per heavy atom. The minimum atomic E-state index is -4.90. The summed E-state index contributed by atoms with van der Waals surface area (Å²) in [5, 5.41) is 7.02. The van der Waals surface area contributed by atoms with Crippen molar-refractivity contribution >= 4 is 77.2 Å². The molecule has 0 saturated carbocycles. The van der Waals surface area contributed by atoms with Crippen LogP contribution in [0.15, 0.2) is 23.4 Å². The lowest BCUT2D eigenvalue weighted by Crippen LogP contribution is -2.46. The number of alkyl halides is 6. The van der Waals surface area contributed by atoms with Crippen LogP contribution < -0.4 is 10.6 Å². The minimum absolute atomic E-state index is 0. The molecule has 1 aliphatic heterocycles. The van der Waals surface area contributed by atoms with E-state index in [0.717, 1.165) is 23.5 Å². The van der Waals surface area contributed by atoms with Crippen LogP contribution >= 0.6 is 59.6 Å². The lowest BCUT2D eigenvalue weighted by Gasteiger charge is -2.36. The average Bonchev–Trinajstić information content (AvgIpc) is 3.19. The Bertz CT molecular complexity index is 1230. The molecule has 0 unspecified atom stereocenters. The van der Waals surface area contributed by atoms with E-state index < -0.39 is 49.3 Å². The Balaban J connectivity index is 0.00000507. The maximum Gasteiger partial charge on any atom is 0.435 e. The van der Waals surface area contributed by atoms with Crippen molar-refractivity contribution in [2.45, 2.75) is 37.7 Å². The lowest BCUT2D eigenvalue weighted by molar-refractivity contribution is -0.291. The number of hydrogen-bond acceptors (Lipinski definition) is 5. The molecule has 17 heteroatoms. The van der Waals surface area contributed by atoms with E-state index in [0.29, 0.717) is 10.4 Å². The van der Waals surface area contributed by atoms with E-state index in [-0.39, 0.29) is 51.1 Å². The maximum absolute atomic E-state index is 14.2. The molecule has 2 heterocycles. The molecule has 1 aliphatic rings. The summed E-state index contributed by atoms with van der Waals surface area (Å²) in [4.78, 5) is 29.4. The number of amides is 2. The zero-order valence-electron chi connectivity index (χ0n) is 19.0. The highest BCUT2D eigenvalue weighted by Crippen LogP contribution is 2.50. The van der Waals surface area contributed by atoms with Crippen molar-refractivity contribution in [2.24, 2.45) is 5.16 Å². The molecule has 0 aliphatic carbocycles. The topological polar surface area (TPSA) is 79.8 Å². The van der Waals surface area contributed by atoms with E-state index in [2.05, 4.69) is 10.5 Å². The highest BCUT2D eigenvalue weighted by molar-refractivity contribution is 7.59. The van der Waals surface area contributed by atoms with Gasteiger partial charge in [0.1, 0.15) is 6.54 Å². The van der Waals surface area contributed by atoms with Crippen molar-refractivity contribution in [2.75, 3.05) is 13.1 Å². The van der Waals surface area contributed by atoms with Crippen LogP contribution in [0.4, 0.5) is 26.3 Å². The molecular formula is C21H18Cl3F6N3O3S2. The quantitative estimate of drug-likeness (QED) is 0.278. The second-order valence-corrected chi connectivity index (χ2v) is 10.1. The van der Waals surface area contributed by atoms with Gasteiger partial charge in [0.05, 0.1) is 37.1 Å². The minimum Gasteiger partial charge on any atom is -0.374 e. The third-order valence-corrected chi connectivity index (χ3v) is 7.72. The summed E-state index contributed by atoms with van der Waals surface area (Å²) >= 11 is 18.6. The van der Waals surface area contributed by atoms with E-state index in [1.54, 1.807) is 12.2 Å². The fraction of sp³-hybridized carbons (Fsp3) is 0.381. The first kappa shape index (κ1) is 32.3. The zero-order valence-corrected chi connectivity index (χ0v) is 23.1. The third kappa shape index (κ3) is 7.20. The van der Waals surface area contributed by atoms with Crippen LogP contribution in [-0.2, 0) is 15.2 Å². The van der Waals surface area contributed by atoms with Gasteiger partial charge in [-0.25, -0.2) is 0 Å². The molecule has 0 bridgehead atoms. The van der Waals surface area contributed by atoms with Crippen molar-refractivity contribution in [3.8, 4) is 0 Å². The molecule has 0 saturated heterocycles. The monoisotopic (exact) mass is 643 g/mol. The number of carbonyl (C=O) groups excluding carboxylic acids is 2. The molecule has 1 aromatic heterocycles. The van der Waals surface area contributed by atoms with Gasteiger partial charge in [-0.05, 0) is 37.1 Å². The molecule has 1 atom stereocenters. The summed E-state index contributed by atoms with van der Waals surface area (Å²) in [6.45, 7) is -0.704. The Morgan fingerprint density at radius 2 is 1.68 bits per heavy atom. The first-order valence-electron chi connectivity index (χ1n) is 10.2. The van der Waals surface area contributed by atoms with Crippen molar-refractivity contribution in [1.82, 2.24) is 10.6 Å². The highest BCUT2D eigenvalue weighted by atomic mass is 35.5. The maximum atomic E-state index is 14.2. The van der Waals surface area contributed by atoms with Crippen LogP contribution in [0.25, 0.3) is 0 Å². The first-order valence-corrected chi connectivity index (χ1v) is 12.2. The van der Waals surface area contributed by atoms with Crippen LogP contribution in [0.2, 0.25) is 15.1 Å². The predicted octanol–water partition coefficient (Wildman–Crippen LogP) is 6.51. The van der Waals surface area contributed by atoms with Gasteiger partial charge in [-0.15, -0.1) is 11.3 Å². The molecule has 3 rings (SSSR count). The Labute approximate surface area is 238 Å². The summed E-state index contributed by atoms with van der Waals surface area (Å²) in [5.41, 5.74) is -2.67. The van der Waals surface area contributed by atoms with Crippen molar-refractivity contribution < 1.29 is 40.8 Å². The van der Waals surface area contributed by atoms with Gasteiger partial charge in [0.2, 0.25) is 5.91 Å². The van der Waals surface area contributed by atoms with E-state index in [1.165, 1.54) is 6.07 Å². The van der Waals surface area contributed by atoms with Crippen LogP contribution in [-0.4, -0.2) is 43.0 Å². The summed E-state index contributed by atoms with van der Waals surface area (Å²) in [6.07, 6.45) is -10.3. The third-order valence-electron chi connectivity index (χ3n) is 5.24. The molecule has 2 aromatic rings. The van der Waals surface area contributed by atoms with Gasteiger partial charge < -0.3 is 15.5 Å². The van der Waals surface area contributed by atoms with Crippen molar-refractivity contribution in [1.29, 1.82) is 0 Å². The fourth-order valence-corrected chi connectivity index (χ4v) is 5.08. The lowest BCUT2D eigenvalue weighted by atomic mass is 9.86. The molecule has 2 amide bonds. The number of nitrogens with one attached hydrogen (secondary N) is 2. The van der Waals surface area contributed by atoms with Crippen LogP contribution in [0.3, 0.4) is 0 Å². The molecule has 0 fully saturated rings. The predicted molar refractivity (Wildman–Crippen MR) is 137 cm³/mol. The summed E-state index contributed by atoms with van der Waals surface area (Å²) in [7, 11) is 0. The SMILES string of the molecule is Cc1cc(C2=NO[C@@](c3cc(Cl)c(Cl)c(Cl)c3)(C(F)(F)F)CC2)sc1C(=O)NCC(=O)NCC(F)(F)F.S. The normalized spacial score (nSPS) is 17.7. The Kier molecular flexibility index (Phi) is 10.3. The molecule has 210 valence electrons. The van der Waals surface area contributed by atoms with Gasteiger partial charge in [-0.2, -0.15) is 39.8 Å². The number of oxime groups is 1. The fourth-order valence-electron chi connectivity index (χ4n) is 3.38. The second-order valence-electron chi connectivity index (χ2n) is 7.91. The summed E-state index contributed by atoms with van der Waals surface area (Å²) in [6, 6.07) is 3.51. The van der Waals surface area contributed by atoms with E-state index >= 15 is 0 Å². The number of carbonyl (C=O) groups is 2. The zero-order chi connectivity index (χ0) is 27.8. The molecular weight excluding hydrogens is 627 g/mol. The largest absolute Gasteiger partial charge is 0.435 e. The second kappa shape index (κ2) is 12.1. The van der Waals surface area contributed by atoms with Crippen molar-refractivity contribution in [3.05, 3.63) is 54.1 Å². The number of rotatable bonds is 6. The molecule has 38 heavy (non-hydrogen) atoms. The number of halogens is 9. The van der Waals surface area contributed by atoms with Gasteiger partial charge in [0.15, 0.2) is 0 Å². The van der Waals surface area contributed by atoms with Crippen LogP contribution in [0, 0.1) is 6.92 Å². The van der Waals surface area contributed by atoms with Crippen LogP contribution in [0.1, 0.15) is 38.5 Å². The molecule has 0 radical (unpaired) electrons. The van der Waals surface area contributed by atoms with E-state index in [4.69, 9.17) is 39.6 Å². The van der Waals surface area contributed by atoms with Gasteiger partial charge in [0.25, 0.3) is 11.5 Å². The number of thiophene rings is 1. The van der Waals surface area contributed by atoms with E-state index in [1.807, 2.05) is 0 Å². The number of aryl methyl sites for hydroxylation is 1. The summed E-state index contributed by atoms with van der Waals surface area (Å²) in [5.74, 6) is -1.79. The van der Waals surface area contributed by atoms with Gasteiger partial charge >= 0.3 is 12.4 Å². The average molecular weight is 645 g/mol. The van der Waals surface area contributed by atoms with Crippen LogP contribution in [0.5, 0.6) is 0 Å². The first-order chi connectivity index (χ1) is 17.0.